The largest absolute Gasteiger partial charge is 0.494 e. The number of benzene rings is 1. The molecular weight excluding hydrogens is 463 g/mol. The molecule has 3 aromatic rings. The lowest BCUT2D eigenvalue weighted by Crippen LogP contribution is -2.35. The molecule has 2 aromatic heterocycles. The molecule has 0 fully saturated rings. The van der Waals surface area contributed by atoms with Crippen molar-refractivity contribution in [2.24, 2.45) is 0 Å². The zero-order chi connectivity index (χ0) is 22.9. The predicted molar refractivity (Wildman–Crippen MR) is 118 cm³/mol. The van der Waals surface area contributed by atoms with Crippen molar-refractivity contribution in [1.82, 2.24) is 14.9 Å². The summed E-state index contributed by atoms with van der Waals surface area (Å²) in [6, 6.07) is 6.91. The molecule has 1 amide bonds. The van der Waals surface area contributed by atoms with Gasteiger partial charge in [-0.2, -0.15) is 13.2 Å². The molecule has 11 heteroatoms. The number of rotatable bonds is 7. The maximum atomic E-state index is 13.5. The number of aryl methyl sites for hydroxylation is 2. The molecule has 1 aromatic carbocycles. The highest BCUT2D eigenvalue weighted by molar-refractivity contribution is 7.99. The Morgan fingerprint density at radius 3 is 2.72 bits per heavy atom. The monoisotopic (exact) mass is 483 g/mol. The Bertz CT molecular complexity index is 1200. The number of fused-ring (bicyclic) bond motifs is 3. The molecule has 32 heavy (non-hydrogen) atoms. The first kappa shape index (κ1) is 22.7. The molecule has 0 unspecified atom stereocenters. The van der Waals surface area contributed by atoms with Crippen molar-refractivity contribution < 1.29 is 22.7 Å². The summed E-state index contributed by atoms with van der Waals surface area (Å²) < 4.78 is 44.0. The quantitative estimate of drug-likeness (QED) is 0.405. The third-order valence-electron chi connectivity index (χ3n) is 4.93. The molecule has 0 atom stereocenters. The minimum Gasteiger partial charge on any atom is -0.494 e. The van der Waals surface area contributed by atoms with Crippen molar-refractivity contribution in [3.8, 4) is 11.4 Å². The molecule has 0 radical (unpaired) electrons. The standard InChI is InChI=1S/C21H20F3N3O3S2/c1-2-30-13-8-6-12(7-9-13)27-19(29)17-14-4-3-5-15(14)32-18(17)26-20(27)31-10-16(28)25-11-21(22,23)24/h6-9H,2-5,10-11H2,1H3,(H,25,28). The summed E-state index contributed by atoms with van der Waals surface area (Å²) in [6.07, 6.45) is -1.77. The third-order valence-corrected chi connectivity index (χ3v) is 7.06. The van der Waals surface area contributed by atoms with E-state index in [9.17, 15) is 22.8 Å². The second kappa shape index (κ2) is 9.14. The summed E-state index contributed by atoms with van der Waals surface area (Å²) in [5.74, 6) is -0.431. The van der Waals surface area contributed by atoms with Crippen LogP contribution in [0.4, 0.5) is 13.2 Å². The predicted octanol–water partition coefficient (Wildman–Crippen LogP) is 4.11. The first-order chi connectivity index (χ1) is 15.3. The normalized spacial score (nSPS) is 13.4. The van der Waals surface area contributed by atoms with Gasteiger partial charge in [0.05, 0.1) is 23.4 Å². The van der Waals surface area contributed by atoms with Crippen molar-refractivity contribution in [2.45, 2.75) is 37.5 Å². The number of thioether (sulfide) groups is 1. The van der Waals surface area contributed by atoms with Crippen LogP contribution in [0.1, 0.15) is 23.8 Å². The van der Waals surface area contributed by atoms with Crippen molar-refractivity contribution in [3.05, 3.63) is 45.1 Å². The summed E-state index contributed by atoms with van der Waals surface area (Å²) >= 11 is 2.40. The van der Waals surface area contributed by atoms with Crippen LogP contribution >= 0.6 is 23.1 Å². The minimum absolute atomic E-state index is 0.239. The van der Waals surface area contributed by atoms with Gasteiger partial charge in [0.15, 0.2) is 5.16 Å². The first-order valence-electron chi connectivity index (χ1n) is 10.0. The van der Waals surface area contributed by atoms with Crippen LogP contribution < -0.4 is 15.6 Å². The first-order valence-corrected chi connectivity index (χ1v) is 11.8. The number of carbonyl (C=O) groups excluding carboxylic acids is 1. The van der Waals surface area contributed by atoms with Crippen molar-refractivity contribution in [1.29, 1.82) is 0 Å². The van der Waals surface area contributed by atoms with E-state index in [1.54, 1.807) is 24.3 Å². The summed E-state index contributed by atoms with van der Waals surface area (Å²) in [5.41, 5.74) is 1.34. The van der Waals surface area contributed by atoms with Gasteiger partial charge in [-0.1, -0.05) is 11.8 Å². The summed E-state index contributed by atoms with van der Waals surface area (Å²) in [6.45, 7) is 0.968. The van der Waals surface area contributed by atoms with Gasteiger partial charge in [-0.05, 0) is 56.0 Å². The molecule has 6 nitrogen and oxygen atoms in total. The molecule has 2 heterocycles. The van der Waals surface area contributed by atoms with E-state index in [0.717, 1.165) is 41.5 Å². The van der Waals surface area contributed by atoms with Crippen molar-refractivity contribution in [3.63, 3.8) is 0 Å². The van der Waals surface area contributed by atoms with Gasteiger partial charge in [0, 0.05) is 4.88 Å². The van der Waals surface area contributed by atoms with Crippen LogP contribution in [0.25, 0.3) is 15.9 Å². The maximum absolute atomic E-state index is 13.5. The van der Waals surface area contributed by atoms with Gasteiger partial charge in [-0.3, -0.25) is 14.2 Å². The molecule has 1 aliphatic carbocycles. The molecule has 0 aliphatic heterocycles. The van der Waals surface area contributed by atoms with Crippen LogP contribution in [-0.4, -0.2) is 40.5 Å². The van der Waals surface area contributed by atoms with E-state index in [1.807, 2.05) is 12.2 Å². The van der Waals surface area contributed by atoms with E-state index < -0.39 is 18.6 Å². The van der Waals surface area contributed by atoms with Crippen LogP contribution in [0.3, 0.4) is 0 Å². The molecular formula is C21H20F3N3O3S2. The van der Waals surface area contributed by atoms with Crippen LogP contribution in [0.15, 0.2) is 34.2 Å². The highest BCUT2D eigenvalue weighted by Crippen LogP contribution is 2.36. The number of carbonyl (C=O) groups is 1. The fraction of sp³-hybridized carbons (Fsp3) is 0.381. The number of hydrogen-bond donors (Lipinski definition) is 1. The molecule has 0 bridgehead atoms. The summed E-state index contributed by atoms with van der Waals surface area (Å²) in [7, 11) is 0. The number of amides is 1. The number of nitrogens with zero attached hydrogens (tertiary/aromatic N) is 2. The molecule has 0 saturated carbocycles. The summed E-state index contributed by atoms with van der Waals surface area (Å²) in [4.78, 5) is 31.8. The fourth-order valence-electron chi connectivity index (χ4n) is 3.59. The van der Waals surface area contributed by atoms with Gasteiger partial charge in [0.25, 0.3) is 5.56 Å². The highest BCUT2D eigenvalue weighted by atomic mass is 32.2. The minimum atomic E-state index is -4.49. The third kappa shape index (κ3) is 4.78. The van der Waals surface area contributed by atoms with Crippen molar-refractivity contribution >= 4 is 39.2 Å². The molecule has 0 saturated heterocycles. The van der Waals surface area contributed by atoms with Crippen molar-refractivity contribution in [2.75, 3.05) is 18.9 Å². The number of thiophene rings is 1. The Kier molecular flexibility index (Phi) is 6.47. The molecule has 1 N–H and O–H groups in total. The lowest BCUT2D eigenvalue weighted by molar-refractivity contribution is -0.136. The molecule has 1 aliphatic rings. The fourth-order valence-corrected chi connectivity index (χ4v) is 5.73. The van der Waals surface area contributed by atoms with E-state index in [-0.39, 0.29) is 16.5 Å². The zero-order valence-corrected chi connectivity index (χ0v) is 18.8. The van der Waals surface area contributed by atoms with Crippen LogP contribution in [0.5, 0.6) is 5.75 Å². The lowest BCUT2D eigenvalue weighted by Gasteiger charge is -2.13. The van der Waals surface area contributed by atoms with E-state index in [4.69, 9.17) is 4.74 Å². The van der Waals surface area contributed by atoms with E-state index in [2.05, 4.69) is 4.98 Å². The van der Waals surface area contributed by atoms with Gasteiger partial charge < -0.3 is 10.1 Å². The number of aromatic nitrogens is 2. The molecule has 0 spiro atoms. The average molecular weight is 484 g/mol. The second-order valence-electron chi connectivity index (χ2n) is 7.18. The van der Waals surface area contributed by atoms with Gasteiger partial charge in [-0.15, -0.1) is 11.3 Å². The van der Waals surface area contributed by atoms with Crippen LogP contribution in [-0.2, 0) is 17.6 Å². The second-order valence-corrected chi connectivity index (χ2v) is 9.21. The molecule has 170 valence electrons. The van der Waals surface area contributed by atoms with E-state index in [1.165, 1.54) is 15.9 Å². The van der Waals surface area contributed by atoms with Crippen LogP contribution in [0, 0.1) is 0 Å². The number of nitrogens with one attached hydrogen (secondary N) is 1. The Hall–Kier alpha value is -2.53. The van der Waals surface area contributed by atoms with Gasteiger partial charge >= 0.3 is 6.18 Å². The summed E-state index contributed by atoms with van der Waals surface area (Å²) in [5, 5.41) is 2.69. The number of ether oxygens (including phenoxy) is 1. The lowest BCUT2D eigenvalue weighted by atomic mass is 10.2. The SMILES string of the molecule is CCOc1ccc(-n2c(SCC(=O)NCC(F)(F)F)nc3sc4c(c3c2=O)CCC4)cc1. The molecule has 4 rings (SSSR count). The van der Waals surface area contributed by atoms with Crippen LogP contribution in [0.2, 0.25) is 0 Å². The Balaban J connectivity index is 1.71. The highest BCUT2D eigenvalue weighted by Gasteiger charge is 2.28. The van der Waals surface area contributed by atoms with Gasteiger partial charge in [0.2, 0.25) is 5.91 Å². The van der Waals surface area contributed by atoms with Gasteiger partial charge in [-0.25, -0.2) is 4.98 Å². The topological polar surface area (TPSA) is 73.2 Å². The Morgan fingerprint density at radius 2 is 2.03 bits per heavy atom. The van der Waals surface area contributed by atoms with E-state index >= 15 is 0 Å². The Labute approximate surface area is 189 Å². The number of halogens is 3. The smallest absolute Gasteiger partial charge is 0.405 e. The maximum Gasteiger partial charge on any atom is 0.405 e. The number of hydrogen-bond acceptors (Lipinski definition) is 6. The average Bonchev–Trinajstić information content (AvgIpc) is 3.32. The Morgan fingerprint density at radius 1 is 1.28 bits per heavy atom. The zero-order valence-electron chi connectivity index (χ0n) is 17.1. The van der Waals surface area contributed by atoms with E-state index in [0.29, 0.717) is 28.3 Å². The number of alkyl halides is 3. The van der Waals surface area contributed by atoms with Gasteiger partial charge in [0.1, 0.15) is 17.1 Å².